The fraction of sp³-hybridized carbons (Fsp3) is 0.600. The van der Waals surface area contributed by atoms with Crippen LogP contribution in [0.1, 0.15) is 60.3 Å². The lowest BCUT2D eigenvalue weighted by molar-refractivity contribution is 0.186. The van der Waals surface area contributed by atoms with Crippen LogP contribution in [0.15, 0.2) is 46.6 Å². The molecule has 0 aliphatic rings. The molecule has 0 heterocycles. The summed E-state index contributed by atoms with van der Waals surface area (Å²) in [4.78, 5) is 0. The SMILES string of the molecule is CC(C)=CCC/C(C)=C\COC/C(C)=C/CC/C(C)=C/CO. The molecule has 0 amide bonds. The first kappa shape index (κ1) is 20.9. The standard InChI is InChI=1S/C20H34O2/c1-17(2)8-6-9-19(4)13-15-22-16-20(5)11-7-10-18(3)12-14-21/h8,11-13,21H,6-7,9-10,14-16H2,1-5H3/b18-12+,19-13-,20-11+. The molecule has 0 aliphatic heterocycles. The second-order valence-corrected chi connectivity index (χ2v) is 6.21. The van der Waals surface area contributed by atoms with Gasteiger partial charge in [-0.05, 0) is 60.3 Å². The van der Waals surface area contributed by atoms with E-state index in [0.717, 1.165) is 25.7 Å². The fourth-order valence-electron chi connectivity index (χ4n) is 1.97. The predicted octanol–water partition coefficient (Wildman–Crippen LogP) is 5.36. The molecule has 0 aliphatic carbocycles. The molecule has 0 aromatic carbocycles. The van der Waals surface area contributed by atoms with E-state index in [1.54, 1.807) is 0 Å². The molecule has 0 bridgehead atoms. The van der Waals surface area contributed by atoms with Gasteiger partial charge in [-0.25, -0.2) is 0 Å². The molecule has 0 radical (unpaired) electrons. The van der Waals surface area contributed by atoms with E-state index in [4.69, 9.17) is 9.84 Å². The molecule has 0 rings (SSSR count). The average molecular weight is 306 g/mol. The van der Waals surface area contributed by atoms with Crippen molar-refractivity contribution < 1.29 is 9.84 Å². The Morgan fingerprint density at radius 2 is 1.36 bits per heavy atom. The van der Waals surface area contributed by atoms with Crippen molar-refractivity contribution in [2.24, 2.45) is 0 Å². The molecule has 0 saturated carbocycles. The summed E-state index contributed by atoms with van der Waals surface area (Å²) < 4.78 is 5.68. The molecule has 0 unspecified atom stereocenters. The molecule has 0 spiro atoms. The van der Waals surface area contributed by atoms with Gasteiger partial charge in [0.15, 0.2) is 0 Å². The summed E-state index contributed by atoms with van der Waals surface area (Å²) in [5.41, 5.74) is 5.28. The lowest BCUT2D eigenvalue weighted by Gasteiger charge is -2.04. The normalized spacial score (nSPS) is 13.5. The fourth-order valence-corrected chi connectivity index (χ4v) is 1.97. The van der Waals surface area contributed by atoms with Crippen LogP contribution >= 0.6 is 0 Å². The zero-order chi connectivity index (χ0) is 16.8. The molecule has 1 N–H and O–H groups in total. The Balaban J connectivity index is 3.85. The number of hydrogen-bond acceptors (Lipinski definition) is 2. The Morgan fingerprint density at radius 1 is 0.773 bits per heavy atom. The van der Waals surface area contributed by atoms with E-state index in [1.165, 1.54) is 22.3 Å². The van der Waals surface area contributed by atoms with Crippen LogP contribution in [0.2, 0.25) is 0 Å². The smallest absolute Gasteiger partial charge is 0.0678 e. The highest BCUT2D eigenvalue weighted by atomic mass is 16.5. The minimum absolute atomic E-state index is 0.136. The van der Waals surface area contributed by atoms with Crippen molar-refractivity contribution in [2.75, 3.05) is 19.8 Å². The average Bonchev–Trinajstić information content (AvgIpc) is 2.43. The molecular formula is C20H34O2. The van der Waals surface area contributed by atoms with E-state index in [2.05, 4.69) is 52.8 Å². The molecule has 126 valence electrons. The van der Waals surface area contributed by atoms with Crippen molar-refractivity contribution in [2.45, 2.75) is 60.3 Å². The van der Waals surface area contributed by atoms with Gasteiger partial charge in [-0.15, -0.1) is 0 Å². The van der Waals surface area contributed by atoms with E-state index in [-0.39, 0.29) is 6.61 Å². The molecule has 2 heteroatoms. The lowest BCUT2D eigenvalue weighted by Crippen LogP contribution is -1.96. The number of hydrogen-bond donors (Lipinski definition) is 1. The quantitative estimate of drug-likeness (QED) is 0.411. The van der Waals surface area contributed by atoms with Crippen molar-refractivity contribution in [3.05, 3.63) is 46.6 Å². The molecule has 0 atom stereocenters. The first-order chi connectivity index (χ1) is 10.5. The van der Waals surface area contributed by atoms with E-state index in [9.17, 15) is 0 Å². The maximum absolute atomic E-state index is 8.79. The van der Waals surface area contributed by atoms with Gasteiger partial charge in [-0.2, -0.15) is 0 Å². The van der Waals surface area contributed by atoms with Gasteiger partial charge in [0.2, 0.25) is 0 Å². The third kappa shape index (κ3) is 13.8. The van der Waals surface area contributed by atoms with Gasteiger partial charge in [0.05, 0.1) is 19.8 Å². The molecule has 2 nitrogen and oxygen atoms in total. The minimum atomic E-state index is 0.136. The summed E-state index contributed by atoms with van der Waals surface area (Å²) in [6.07, 6.45) is 12.8. The highest BCUT2D eigenvalue weighted by molar-refractivity contribution is 5.05. The largest absolute Gasteiger partial charge is 0.392 e. The molecular weight excluding hydrogens is 272 g/mol. The Bertz CT molecular complexity index is 407. The summed E-state index contributed by atoms with van der Waals surface area (Å²) in [7, 11) is 0. The lowest BCUT2D eigenvalue weighted by atomic mass is 10.1. The Labute approximate surface area is 137 Å². The zero-order valence-electron chi connectivity index (χ0n) is 15.1. The van der Waals surface area contributed by atoms with Crippen LogP contribution in [0, 0.1) is 0 Å². The monoisotopic (exact) mass is 306 g/mol. The van der Waals surface area contributed by atoms with Crippen molar-refractivity contribution >= 4 is 0 Å². The number of allylic oxidation sites excluding steroid dienone is 5. The summed E-state index contributed by atoms with van der Waals surface area (Å²) in [6.45, 7) is 12.1. The van der Waals surface area contributed by atoms with Gasteiger partial charge in [-0.1, -0.05) is 46.6 Å². The zero-order valence-corrected chi connectivity index (χ0v) is 15.1. The highest BCUT2D eigenvalue weighted by Crippen LogP contribution is 2.08. The van der Waals surface area contributed by atoms with E-state index in [1.807, 2.05) is 6.08 Å². The van der Waals surface area contributed by atoms with E-state index in [0.29, 0.717) is 13.2 Å². The summed E-state index contributed by atoms with van der Waals surface area (Å²) in [5, 5.41) is 8.79. The highest BCUT2D eigenvalue weighted by Gasteiger charge is 1.93. The van der Waals surface area contributed by atoms with Crippen LogP contribution < -0.4 is 0 Å². The second kappa shape index (κ2) is 13.5. The van der Waals surface area contributed by atoms with Crippen LogP contribution in [0.3, 0.4) is 0 Å². The second-order valence-electron chi connectivity index (χ2n) is 6.21. The summed E-state index contributed by atoms with van der Waals surface area (Å²) in [6, 6.07) is 0. The first-order valence-corrected chi connectivity index (χ1v) is 8.24. The van der Waals surface area contributed by atoms with Crippen LogP contribution in [0.25, 0.3) is 0 Å². The van der Waals surface area contributed by atoms with Crippen LogP contribution in [0.4, 0.5) is 0 Å². The van der Waals surface area contributed by atoms with Crippen LogP contribution in [-0.4, -0.2) is 24.9 Å². The third-order valence-corrected chi connectivity index (χ3v) is 3.44. The topological polar surface area (TPSA) is 29.5 Å². The van der Waals surface area contributed by atoms with Crippen molar-refractivity contribution in [1.82, 2.24) is 0 Å². The Kier molecular flexibility index (Phi) is 12.8. The number of aliphatic hydroxyl groups excluding tert-OH is 1. The Hall–Kier alpha value is -1.12. The predicted molar refractivity (Wildman–Crippen MR) is 97.1 cm³/mol. The summed E-state index contributed by atoms with van der Waals surface area (Å²) >= 11 is 0. The van der Waals surface area contributed by atoms with E-state index < -0.39 is 0 Å². The molecule has 0 aromatic rings. The van der Waals surface area contributed by atoms with Gasteiger partial charge in [0.1, 0.15) is 0 Å². The number of ether oxygens (including phenoxy) is 1. The van der Waals surface area contributed by atoms with Gasteiger partial charge in [0, 0.05) is 0 Å². The summed E-state index contributed by atoms with van der Waals surface area (Å²) in [5.74, 6) is 0. The molecule has 0 saturated heterocycles. The molecule has 0 aromatic heterocycles. The minimum Gasteiger partial charge on any atom is -0.392 e. The van der Waals surface area contributed by atoms with Crippen LogP contribution in [0.5, 0.6) is 0 Å². The van der Waals surface area contributed by atoms with Gasteiger partial charge in [-0.3, -0.25) is 0 Å². The van der Waals surface area contributed by atoms with Gasteiger partial charge < -0.3 is 9.84 Å². The molecule has 0 fully saturated rings. The Morgan fingerprint density at radius 3 is 1.95 bits per heavy atom. The maximum atomic E-state index is 8.79. The maximum Gasteiger partial charge on any atom is 0.0678 e. The van der Waals surface area contributed by atoms with Crippen molar-refractivity contribution in [3.63, 3.8) is 0 Å². The van der Waals surface area contributed by atoms with Crippen molar-refractivity contribution in [3.8, 4) is 0 Å². The van der Waals surface area contributed by atoms with Gasteiger partial charge >= 0.3 is 0 Å². The van der Waals surface area contributed by atoms with Gasteiger partial charge in [0.25, 0.3) is 0 Å². The van der Waals surface area contributed by atoms with E-state index >= 15 is 0 Å². The van der Waals surface area contributed by atoms with Crippen LogP contribution in [-0.2, 0) is 4.74 Å². The number of rotatable bonds is 11. The molecule has 22 heavy (non-hydrogen) atoms. The third-order valence-electron chi connectivity index (χ3n) is 3.44. The number of aliphatic hydroxyl groups is 1. The first-order valence-electron chi connectivity index (χ1n) is 8.24. The van der Waals surface area contributed by atoms with Crippen molar-refractivity contribution in [1.29, 1.82) is 0 Å².